The number of aliphatic hydroxyl groups excluding tert-OH is 3. The number of hydrogen-bond acceptors (Lipinski definition) is 10. The molecule has 0 heterocycles. The standard InChI is InChI=1S/C89H181O11P/c1-71(2)31-19-33-73(5)35-21-37-77(9)45-27-51-83(15)57-61-95-68-88(66-91)97-63-59-85(17)53-29-47-80(12)42-24-40-76(8)44-26-50-82(14)56-55-81(13)49-25-43-75(7)39-23-41-78(10)46-28-52-84(16)58-62-96-69-89(70-100-101(93,94)99-67-87(92)65-90)98-64-60-86(18)54-30-48-79(11)38-22-36-74(6)34-20-32-72(3)4/h71-92H,19-70H2,1-18H3,(H,93,94). The van der Waals surface area contributed by atoms with Gasteiger partial charge in [0, 0.05) is 26.4 Å². The number of phosphoric ester groups is 1. The summed E-state index contributed by atoms with van der Waals surface area (Å²) < 4.78 is 47.2. The molecule has 0 bridgehead atoms. The summed E-state index contributed by atoms with van der Waals surface area (Å²) >= 11 is 0. The number of rotatable bonds is 77. The molecular weight excluding hydrogens is 1280 g/mol. The molecule has 12 heteroatoms. The van der Waals surface area contributed by atoms with Crippen molar-refractivity contribution in [3.8, 4) is 0 Å². The van der Waals surface area contributed by atoms with Crippen LogP contribution < -0.4 is 0 Å². The van der Waals surface area contributed by atoms with Crippen molar-refractivity contribution in [1.82, 2.24) is 0 Å². The summed E-state index contributed by atoms with van der Waals surface area (Å²) in [5.41, 5.74) is 0. The highest BCUT2D eigenvalue weighted by atomic mass is 31.2. The van der Waals surface area contributed by atoms with Gasteiger partial charge >= 0.3 is 7.82 Å². The molecule has 0 aromatic carbocycles. The fourth-order valence-electron chi connectivity index (χ4n) is 15.1. The second-order valence-electron chi connectivity index (χ2n) is 36.4. The van der Waals surface area contributed by atoms with Gasteiger partial charge in [-0.15, -0.1) is 0 Å². The SMILES string of the molecule is CC(C)CCCC(C)CCCC(C)CCCC(C)CCOCC(CO)OCCC(C)CCCC(C)CCCC(C)CCCC(C)CCC(C)CCCC(C)CCCC(C)CCCC(C)CCOCC(COP(=O)(O)OCC(O)CO)OCCC(C)CCCC(C)CCCC(C)CCCC(C)C. The van der Waals surface area contributed by atoms with E-state index >= 15 is 0 Å². The summed E-state index contributed by atoms with van der Waals surface area (Å²) in [4.78, 5) is 10.2. The van der Waals surface area contributed by atoms with Crippen LogP contribution in [0.5, 0.6) is 0 Å². The summed E-state index contributed by atoms with van der Waals surface area (Å²) in [6.07, 6.45) is 52.8. The third-order valence-corrected chi connectivity index (χ3v) is 24.3. The third kappa shape index (κ3) is 67.7. The van der Waals surface area contributed by atoms with E-state index in [2.05, 4.69) is 125 Å². The van der Waals surface area contributed by atoms with Crippen LogP contribution in [0.2, 0.25) is 0 Å². The van der Waals surface area contributed by atoms with E-state index in [1.165, 1.54) is 238 Å². The van der Waals surface area contributed by atoms with E-state index < -0.39 is 33.2 Å². The smallest absolute Gasteiger partial charge is 0.394 e. The van der Waals surface area contributed by atoms with Crippen molar-refractivity contribution in [3.63, 3.8) is 0 Å². The largest absolute Gasteiger partial charge is 0.472 e. The molecule has 608 valence electrons. The van der Waals surface area contributed by atoms with Crippen LogP contribution in [-0.2, 0) is 32.6 Å². The maximum Gasteiger partial charge on any atom is 0.472 e. The topological polar surface area (TPSA) is 153 Å². The molecule has 101 heavy (non-hydrogen) atoms. The zero-order valence-corrected chi connectivity index (χ0v) is 71.7. The number of hydrogen-bond donors (Lipinski definition) is 4. The predicted molar refractivity (Wildman–Crippen MR) is 435 cm³/mol. The highest BCUT2D eigenvalue weighted by Crippen LogP contribution is 2.43. The molecule has 0 saturated heterocycles. The highest BCUT2D eigenvalue weighted by molar-refractivity contribution is 7.47. The Morgan fingerprint density at radius 2 is 0.455 bits per heavy atom. The fourth-order valence-corrected chi connectivity index (χ4v) is 15.9. The molecule has 0 rings (SSSR count). The van der Waals surface area contributed by atoms with Gasteiger partial charge in [-0.25, -0.2) is 4.57 Å². The van der Waals surface area contributed by atoms with Gasteiger partial charge in [0.2, 0.25) is 0 Å². The molecule has 18 unspecified atom stereocenters. The van der Waals surface area contributed by atoms with Gasteiger partial charge in [-0.1, -0.05) is 369 Å². The maximum absolute atomic E-state index is 12.6. The second-order valence-corrected chi connectivity index (χ2v) is 37.8. The number of ether oxygens (including phenoxy) is 4. The van der Waals surface area contributed by atoms with Gasteiger partial charge in [-0.3, -0.25) is 9.05 Å². The Balaban J connectivity index is 4.19. The van der Waals surface area contributed by atoms with Crippen molar-refractivity contribution in [3.05, 3.63) is 0 Å². The van der Waals surface area contributed by atoms with Gasteiger partial charge < -0.3 is 39.2 Å². The first-order valence-electron chi connectivity index (χ1n) is 44.0. The van der Waals surface area contributed by atoms with Crippen LogP contribution >= 0.6 is 7.82 Å². The Labute approximate surface area is 630 Å². The van der Waals surface area contributed by atoms with Gasteiger partial charge in [0.05, 0.1) is 39.6 Å². The lowest BCUT2D eigenvalue weighted by molar-refractivity contribution is -0.0492. The average molecular weight is 1460 g/mol. The second kappa shape index (κ2) is 66.8. The molecule has 0 amide bonds. The lowest BCUT2D eigenvalue weighted by Crippen LogP contribution is -2.27. The number of aliphatic hydroxyl groups is 3. The minimum atomic E-state index is -4.44. The molecule has 11 nitrogen and oxygen atoms in total. The summed E-state index contributed by atoms with van der Waals surface area (Å²) in [5, 5.41) is 28.7. The van der Waals surface area contributed by atoms with E-state index in [0.29, 0.717) is 50.1 Å². The van der Waals surface area contributed by atoms with Crippen LogP contribution in [0.4, 0.5) is 0 Å². The van der Waals surface area contributed by atoms with E-state index in [-0.39, 0.29) is 25.9 Å². The van der Waals surface area contributed by atoms with Crippen molar-refractivity contribution >= 4 is 7.82 Å². The molecule has 0 aromatic heterocycles. The van der Waals surface area contributed by atoms with Gasteiger partial charge in [-0.05, 0) is 120 Å². The lowest BCUT2D eigenvalue weighted by Gasteiger charge is -2.22. The minimum absolute atomic E-state index is 0.0323. The van der Waals surface area contributed by atoms with Crippen molar-refractivity contribution in [2.75, 3.05) is 66.1 Å². The fraction of sp³-hybridized carbons (Fsp3) is 1.00. The van der Waals surface area contributed by atoms with Crippen LogP contribution in [0.25, 0.3) is 0 Å². The summed E-state index contributed by atoms with van der Waals surface area (Å²) in [5.74, 6) is 12.2. The van der Waals surface area contributed by atoms with Gasteiger partial charge in [0.25, 0.3) is 0 Å². The molecule has 0 spiro atoms. The molecule has 18 atom stereocenters. The first kappa shape index (κ1) is 101. The van der Waals surface area contributed by atoms with E-state index in [1.807, 2.05) is 0 Å². The normalized spacial score (nSPS) is 18.1. The van der Waals surface area contributed by atoms with Gasteiger partial charge in [0.1, 0.15) is 18.3 Å². The molecular formula is C89H181O11P. The van der Waals surface area contributed by atoms with Crippen molar-refractivity contribution in [2.24, 2.45) is 94.7 Å². The van der Waals surface area contributed by atoms with E-state index in [4.69, 9.17) is 33.1 Å². The molecule has 0 aliphatic heterocycles. The Kier molecular flexibility index (Phi) is 66.7. The molecule has 0 aromatic rings. The van der Waals surface area contributed by atoms with Crippen LogP contribution in [-0.4, -0.2) is 105 Å². The quantitative estimate of drug-likeness (QED) is 0.0340. The zero-order valence-electron chi connectivity index (χ0n) is 70.8. The van der Waals surface area contributed by atoms with E-state index in [9.17, 15) is 19.7 Å². The van der Waals surface area contributed by atoms with Crippen LogP contribution in [0.1, 0.15) is 394 Å². The molecule has 0 radical (unpaired) electrons. The Morgan fingerprint density at radius 1 is 0.248 bits per heavy atom. The molecule has 0 aliphatic carbocycles. The van der Waals surface area contributed by atoms with Crippen LogP contribution in [0.3, 0.4) is 0 Å². The Morgan fingerprint density at radius 3 is 0.703 bits per heavy atom. The molecule has 0 saturated carbocycles. The monoisotopic (exact) mass is 1460 g/mol. The minimum Gasteiger partial charge on any atom is -0.394 e. The maximum atomic E-state index is 12.6. The lowest BCUT2D eigenvalue weighted by atomic mass is 9.88. The van der Waals surface area contributed by atoms with Crippen LogP contribution in [0.15, 0.2) is 0 Å². The highest BCUT2D eigenvalue weighted by Gasteiger charge is 2.26. The molecule has 4 N–H and O–H groups in total. The number of phosphoric acid groups is 1. The first-order chi connectivity index (χ1) is 48.1. The van der Waals surface area contributed by atoms with Crippen molar-refractivity contribution in [1.29, 1.82) is 0 Å². The Bertz CT molecular complexity index is 1790. The Hall–Kier alpha value is -0.170. The summed E-state index contributed by atoms with van der Waals surface area (Å²) in [6.45, 7) is 45.4. The summed E-state index contributed by atoms with van der Waals surface area (Å²) in [7, 11) is -4.44. The summed E-state index contributed by atoms with van der Waals surface area (Å²) in [6, 6.07) is 0. The average Bonchev–Trinajstić information content (AvgIpc) is 0.972. The predicted octanol–water partition coefficient (Wildman–Crippen LogP) is 25.9. The van der Waals surface area contributed by atoms with Crippen molar-refractivity contribution in [2.45, 2.75) is 413 Å². The zero-order chi connectivity index (χ0) is 75.5. The molecule has 0 fully saturated rings. The van der Waals surface area contributed by atoms with Crippen LogP contribution in [0, 0.1) is 94.7 Å². The van der Waals surface area contributed by atoms with E-state index in [1.54, 1.807) is 0 Å². The third-order valence-electron chi connectivity index (χ3n) is 23.4. The van der Waals surface area contributed by atoms with Crippen molar-refractivity contribution < 1.29 is 52.8 Å². The van der Waals surface area contributed by atoms with E-state index in [0.717, 1.165) is 110 Å². The first-order valence-corrected chi connectivity index (χ1v) is 45.5. The molecule has 0 aliphatic rings. The van der Waals surface area contributed by atoms with Gasteiger partial charge in [0.15, 0.2) is 0 Å². The van der Waals surface area contributed by atoms with Gasteiger partial charge in [-0.2, -0.15) is 0 Å².